The van der Waals surface area contributed by atoms with Gasteiger partial charge < -0.3 is 5.32 Å². The van der Waals surface area contributed by atoms with Crippen molar-refractivity contribution in [2.24, 2.45) is 0 Å². The SMILES string of the molecule is Cc1nccn1-c1ncccc1NC1CCSC1. The number of hydrogen-bond donors (Lipinski definition) is 1. The highest BCUT2D eigenvalue weighted by Crippen LogP contribution is 2.24. The first-order valence-electron chi connectivity index (χ1n) is 6.14. The number of anilines is 1. The van der Waals surface area contributed by atoms with E-state index in [2.05, 4.69) is 21.4 Å². The van der Waals surface area contributed by atoms with Crippen LogP contribution in [0.1, 0.15) is 12.2 Å². The third-order valence-electron chi connectivity index (χ3n) is 3.13. The molecule has 1 aliphatic heterocycles. The van der Waals surface area contributed by atoms with Gasteiger partial charge in [0.15, 0.2) is 5.82 Å². The minimum absolute atomic E-state index is 0.557. The van der Waals surface area contributed by atoms with Gasteiger partial charge in [0, 0.05) is 30.4 Å². The minimum atomic E-state index is 0.557. The van der Waals surface area contributed by atoms with Crippen LogP contribution in [-0.4, -0.2) is 32.1 Å². The van der Waals surface area contributed by atoms with Crippen LogP contribution in [0.3, 0.4) is 0 Å². The zero-order chi connectivity index (χ0) is 12.4. The number of thioether (sulfide) groups is 1. The molecule has 1 atom stereocenters. The molecule has 1 aliphatic rings. The Hall–Kier alpha value is -1.49. The molecule has 0 bridgehead atoms. The van der Waals surface area contributed by atoms with Crippen molar-refractivity contribution in [3.8, 4) is 5.82 Å². The lowest BCUT2D eigenvalue weighted by atomic mass is 10.2. The van der Waals surface area contributed by atoms with Crippen molar-refractivity contribution in [2.75, 3.05) is 16.8 Å². The summed E-state index contributed by atoms with van der Waals surface area (Å²) in [5.41, 5.74) is 1.09. The van der Waals surface area contributed by atoms with Gasteiger partial charge in [-0.15, -0.1) is 0 Å². The average Bonchev–Trinajstić information content (AvgIpc) is 3.02. The van der Waals surface area contributed by atoms with Crippen LogP contribution in [-0.2, 0) is 0 Å². The van der Waals surface area contributed by atoms with Crippen molar-refractivity contribution in [3.63, 3.8) is 0 Å². The Morgan fingerprint density at radius 2 is 2.33 bits per heavy atom. The van der Waals surface area contributed by atoms with E-state index >= 15 is 0 Å². The molecule has 0 aromatic carbocycles. The lowest BCUT2D eigenvalue weighted by Crippen LogP contribution is -2.19. The number of pyridine rings is 1. The molecule has 4 nitrogen and oxygen atoms in total. The fraction of sp³-hybridized carbons (Fsp3) is 0.385. The van der Waals surface area contributed by atoms with Crippen molar-refractivity contribution in [1.29, 1.82) is 0 Å². The molecule has 0 aliphatic carbocycles. The Balaban J connectivity index is 1.92. The highest BCUT2D eigenvalue weighted by atomic mass is 32.2. The summed E-state index contributed by atoms with van der Waals surface area (Å²) >= 11 is 2.01. The van der Waals surface area contributed by atoms with Crippen molar-refractivity contribution >= 4 is 17.4 Å². The maximum absolute atomic E-state index is 4.48. The van der Waals surface area contributed by atoms with Gasteiger partial charge in [-0.05, 0) is 31.2 Å². The van der Waals surface area contributed by atoms with Crippen LogP contribution in [0.5, 0.6) is 0 Å². The molecule has 0 saturated carbocycles. The summed E-state index contributed by atoms with van der Waals surface area (Å²) < 4.78 is 2.02. The van der Waals surface area contributed by atoms with Crippen LogP contribution in [0.25, 0.3) is 5.82 Å². The van der Waals surface area contributed by atoms with Crippen LogP contribution in [0, 0.1) is 6.92 Å². The smallest absolute Gasteiger partial charge is 0.161 e. The van der Waals surface area contributed by atoms with E-state index in [-0.39, 0.29) is 0 Å². The molecule has 0 amide bonds. The quantitative estimate of drug-likeness (QED) is 0.920. The highest BCUT2D eigenvalue weighted by molar-refractivity contribution is 7.99. The van der Waals surface area contributed by atoms with Crippen LogP contribution in [0.15, 0.2) is 30.7 Å². The van der Waals surface area contributed by atoms with Crippen molar-refractivity contribution in [2.45, 2.75) is 19.4 Å². The van der Waals surface area contributed by atoms with E-state index in [0.29, 0.717) is 6.04 Å². The van der Waals surface area contributed by atoms with E-state index in [0.717, 1.165) is 17.3 Å². The predicted molar refractivity (Wildman–Crippen MR) is 75.4 cm³/mol. The van der Waals surface area contributed by atoms with Crippen molar-refractivity contribution < 1.29 is 0 Å². The molecule has 1 N–H and O–H groups in total. The average molecular weight is 260 g/mol. The number of imidazole rings is 1. The number of hydrogen-bond acceptors (Lipinski definition) is 4. The van der Waals surface area contributed by atoms with Crippen molar-refractivity contribution in [1.82, 2.24) is 14.5 Å². The summed E-state index contributed by atoms with van der Waals surface area (Å²) in [7, 11) is 0. The molecule has 0 radical (unpaired) electrons. The van der Waals surface area contributed by atoms with Crippen LogP contribution < -0.4 is 5.32 Å². The molecule has 18 heavy (non-hydrogen) atoms. The van der Waals surface area contributed by atoms with E-state index in [1.807, 2.05) is 41.7 Å². The van der Waals surface area contributed by atoms with Gasteiger partial charge in [0.25, 0.3) is 0 Å². The van der Waals surface area contributed by atoms with Gasteiger partial charge in [0.2, 0.25) is 0 Å². The summed E-state index contributed by atoms with van der Waals surface area (Å²) in [5.74, 6) is 4.32. The van der Waals surface area contributed by atoms with E-state index < -0.39 is 0 Å². The molecular weight excluding hydrogens is 244 g/mol. The van der Waals surface area contributed by atoms with Crippen LogP contribution >= 0.6 is 11.8 Å². The number of rotatable bonds is 3. The monoisotopic (exact) mass is 260 g/mol. The Bertz CT molecular complexity index is 531. The summed E-state index contributed by atoms with van der Waals surface area (Å²) in [5, 5.41) is 3.59. The predicted octanol–water partition coefficient (Wildman–Crippen LogP) is 2.49. The maximum atomic E-state index is 4.48. The molecule has 3 heterocycles. The molecule has 3 rings (SSSR count). The van der Waals surface area contributed by atoms with Gasteiger partial charge in [-0.1, -0.05) is 0 Å². The number of nitrogens with one attached hydrogen (secondary N) is 1. The molecule has 2 aromatic rings. The summed E-state index contributed by atoms with van der Waals surface area (Å²) in [6, 6.07) is 4.62. The molecule has 1 fully saturated rings. The normalized spacial score (nSPS) is 19.1. The van der Waals surface area contributed by atoms with E-state index in [4.69, 9.17) is 0 Å². The molecular formula is C13H16N4S. The minimum Gasteiger partial charge on any atom is -0.378 e. The molecule has 5 heteroatoms. The standard InChI is InChI=1S/C13H16N4S/c1-10-14-6-7-17(10)13-12(3-2-5-15-13)16-11-4-8-18-9-11/h2-3,5-7,11,16H,4,8-9H2,1H3. The summed E-state index contributed by atoms with van der Waals surface area (Å²) in [6.07, 6.45) is 6.80. The molecule has 2 aromatic heterocycles. The number of aromatic nitrogens is 3. The van der Waals surface area contributed by atoms with Gasteiger partial charge in [-0.2, -0.15) is 11.8 Å². The zero-order valence-corrected chi connectivity index (χ0v) is 11.2. The topological polar surface area (TPSA) is 42.7 Å². The maximum Gasteiger partial charge on any atom is 0.161 e. The first kappa shape index (κ1) is 11.6. The first-order valence-corrected chi connectivity index (χ1v) is 7.29. The third-order valence-corrected chi connectivity index (χ3v) is 4.29. The second-order valence-electron chi connectivity index (χ2n) is 4.42. The Labute approximate surface area is 111 Å². The Morgan fingerprint density at radius 3 is 3.06 bits per heavy atom. The van der Waals surface area contributed by atoms with Crippen LogP contribution in [0.4, 0.5) is 5.69 Å². The Kier molecular flexibility index (Phi) is 3.23. The van der Waals surface area contributed by atoms with Gasteiger partial charge in [-0.3, -0.25) is 4.57 Å². The fourth-order valence-electron chi connectivity index (χ4n) is 2.17. The molecule has 0 spiro atoms. The third kappa shape index (κ3) is 2.22. The van der Waals surface area contributed by atoms with Gasteiger partial charge in [0.1, 0.15) is 5.82 Å². The lowest BCUT2D eigenvalue weighted by molar-refractivity contribution is 0.806. The zero-order valence-electron chi connectivity index (χ0n) is 10.3. The van der Waals surface area contributed by atoms with E-state index in [1.165, 1.54) is 17.9 Å². The van der Waals surface area contributed by atoms with Gasteiger partial charge >= 0.3 is 0 Å². The lowest BCUT2D eigenvalue weighted by Gasteiger charge is -2.16. The van der Waals surface area contributed by atoms with Gasteiger partial charge in [0.05, 0.1) is 5.69 Å². The fourth-order valence-corrected chi connectivity index (χ4v) is 3.32. The summed E-state index contributed by atoms with van der Waals surface area (Å²) in [6.45, 7) is 1.99. The number of aryl methyl sites for hydroxylation is 1. The Morgan fingerprint density at radius 1 is 1.39 bits per heavy atom. The largest absolute Gasteiger partial charge is 0.378 e. The molecule has 1 unspecified atom stereocenters. The second kappa shape index (κ2) is 5.02. The number of nitrogens with zero attached hydrogens (tertiary/aromatic N) is 3. The van der Waals surface area contributed by atoms with Crippen molar-refractivity contribution in [3.05, 3.63) is 36.5 Å². The highest BCUT2D eigenvalue weighted by Gasteiger charge is 2.17. The van der Waals surface area contributed by atoms with E-state index in [1.54, 1.807) is 6.20 Å². The van der Waals surface area contributed by atoms with E-state index in [9.17, 15) is 0 Å². The van der Waals surface area contributed by atoms with Crippen LogP contribution in [0.2, 0.25) is 0 Å². The second-order valence-corrected chi connectivity index (χ2v) is 5.57. The summed E-state index contributed by atoms with van der Waals surface area (Å²) in [4.78, 5) is 8.73. The van der Waals surface area contributed by atoms with Gasteiger partial charge in [-0.25, -0.2) is 9.97 Å². The molecule has 94 valence electrons. The molecule has 1 saturated heterocycles. The first-order chi connectivity index (χ1) is 8.84.